The van der Waals surface area contributed by atoms with Crippen molar-refractivity contribution in [3.63, 3.8) is 0 Å². The fraction of sp³-hybridized carbons (Fsp3) is 0.280. The van der Waals surface area contributed by atoms with Crippen molar-refractivity contribution in [1.82, 2.24) is 9.13 Å². The number of hydrogen-bond acceptors (Lipinski definition) is 3. The topological polar surface area (TPSA) is 44.0 Å². The summed E-state index contributed by atoms with van der Waals surface area (Å²) in [7, 11) is 1.74. The molecule has 180 valence electrons. The molecule has 2 heterocycles. The molecule has 0 saturated carbocycles. The van der Waals surface area contributed by atoms with Gasteiger partial charge in [0.25, 0.3) is 5.56 Å². The SMILES string of the molecule is CC.Cn1c(=O)n(CCCPI)c(=O)c2c(Cc3ccc(Cl)cc3)c(-c3cccc(Cl)c3)sc21. The number of fused-ring (bicyclic) bond motifs is 1. The van der Waals surface area contributed by atoms with Gasteiger partial charge < -0.3 is 0 Å². The molecule has 34 heavy (non-hydrogen) atoms. The number of aryl methyl sites for hydroxylation is 1. The number of benzene rings is 2. The van der Waals surface area contributed by atoms with Crippen molar-refractivity contribution in [1.29, 1.82) is 0 Å². The Kier molecular flexibility index (Phi) is 10.2. The quantitative estimate of drug-likeness (QED) is 0.117. The standard InChI is InChI=1S/C23H20Cl2IN2O2PS.C2H6/c1-27-22-19(21(29)28(23(27)30)10-3-11-31-26)18(12-14-6-8-16(24)9-7-14)20(32-22)15-4-2-5-17(25)13-15;1-2/h2,4-9,13,31H,3,10-12H2,1H3;1-2H3. The van der Waals surface area contributed by atoms with Gasteiger partial charge in [-0.05, 0) is 60.0 Å². The van der Waals surface area contributed by atoms with Crippen molar-refractivity contribution in [3.8, 4) is 10.4 Å². The molecule has 0 saturated heterocycles. The van der Waals surface area contributed by atoms with E-state index >= 15 is 0 Å². The lowest BCUT2D eigenvalue weighted by Gasteiger charge is -2.10. The number of halogens is 3. The molecule has 0 radical (unpaired) electrons. The van der Waals surface area contributed by atoms with Crippen LogP contribution in [0.5, 0.6) is 0 Å². The van der Waals surface area contributed by atoms with Gasteiger partial charge in [-0.25, -0.2) is 4.79 Å². The molecule has 4 nitrogen and oxygen atoms in total. The molecule has 4 aromatic rings. The van der Waals surface area contributed by atoms with E-state index in [1.54, 1.807) is 11.6 Å². The molecule has 0 aliphatic heterocycles. The van der Waals surface area contributed by atoms with E-state index in [1.807, 2.05) is 62.4 Å². The highest BCUT2D eigenvalue weighted by atomic mass is 127. The first kappa shape index (κ1) is 27.4. The normalized spacial score (nSPS) is 11.2. The first-order valence-electron chi connectivity index (χ1n) is 11.0. The molecule has 1 atom stereocenters. The molecule has 0 spiro atoms. The van der Waals surface area contributed by atoms with Gasteiger partial charge in [0.15, 0.2) is 0 Å². The van der Waals surface area contributed by atoms with Crippen LogP contribution >= 0.6 is 62.8 Å². The summed E-state index contributed by atoms with van der Waals surface area (Å²) in [6.45, 7) is 4.43. The Labute approximate surface area is 228 Å². The second-order valence-electron chi connectivity index (χ2n) is 7.44. The molecule has 4 rings (SSSR count). The smallest absolute Gasteiger partial charge is 0.287 e. The number of rotatable bonds is 7. The highest BCUT2D eigenvalue weighted by Gasteiger charge is 2.22. The number of hydrogen-bond donors (Lipinski definition) is 0. The average molecular weight is 647 g/mol. The summed E-state index contributed by atoms with van der Waals surface area (Å²) < 4.78 is 2.99. The Morgan fingerprint density at radius 3 is 2.38 bits per heavy atom. The van der Waals surface area contributed by atoms with Crippen molar-refractivity contribution < 1.29 is 0 Å². The van der Waals surface area contributed by atoms with Gasteiger partial charge in [-0.2, -0.15) is 0 Å². The fourth-order valence-electron chi connectivity index (χ4n) is 3.74. The zero-order chi connectivity index (χ0) is 24.8. The maximum atomic E-state index is 13.6. The van der Waals surface area contributed by atoms with Crippen LogP contribution in [-0.2, 0) is 20.0 Å². The van der Waals surface area contributed by atoms with Gasteiger partial charge in [-0.3, -0.25) is 13.9 Å². The van der Waals surface area contributed by atoms with Gasteiger partial charge in [-0.15, -0.1) is 11.3 Å². The summed E-state index contributed by atoms with van der Waals surface area (Å²) in [5.41, 5.74) is 2.42. The number of nitrogens with zero attached hydrogens (tertiary/aromatic N) is 2. The fourth-order valence-corrected chi connectivity index (χ4v) is 6.75. The summed E-state index contributed by atoms with van der Waals surface area (Å²) in [5, 5.41) is 1.90. The zero-order valence-electron chi connectivity index (χ0n) is 19.2. The maximum absolute atomic E-state index is 13.6. The molecule has 0 amide bonds. The summed E-state index contributed by atoms with van der Waals surface area (Å²) in [5.74, 6) is 0. The summed E-state index contributed by atoms with van der Waals surface area (Å²) in [4.78, 5) is 28.2. The predicted octanol–water partition coefficient (Wildman–Crippen LogP) is 7.77. The molecule has 0 bridgehead atoms. The van der Waals surface area contributed by atoms with E-state index in [0.29, 0.717) is 33.2 Å². The van der Waals surface area contributed by atoms with Gasteiger partial charge in [0.05, 0.1) is 5.39 Å². The van der Waals surface area contributed by atoms with Crippen molar-refractivity contribution >= 4 is 73.0 Å². The van der Waals surface area contributed by atoms with E-state index in [0.717, 1.165) is 40.4 Å². The van der Waals surface area contributed by atoms with Crippen LogP contribution in [0.4, 0.5) is 0 Å². The van der Waals surface area contributed by atoms with E-state index in [-0.39, 0.29) is 11.2 Å². The summed E-state index contributed by atoms with van der Waals surface area (Å²) >= 11 is 16.2. The monoisotopic (exact) mass is 646 g/mol. The Morgan fingerprint density at radius 1 is 1.03 bits per heavy atom. The number of thiophene rings is 1. The van der Waals surface area contributed by atoms with E-state index < -0.39 is 0 Å². The largest absolute Gasteiger partial charge is 0.331 e. The second-order valence-corrected chi connectivity index (χ2v) is 12.4. The first-order chi connectivity index (χ1) is 16.4. The minimum atomic E-state index is -0.267. The van der Waals surface area contributed by atoms with Gasteiger partial charge in [0, 0.05) is 28.5 Å². The van der Waals surface area contributed by atoms with Gasteiger partial charge in [-0.1, -0.05) is 89.6 Å². The molecule has 1 unspecified atom stereocenters. The van der Waals surface area contributed by atoms with Crippen LogP contribution < -0.4 is 11.2 Å². The predicted molar refractivity (Wildman–Crippen MR) is 159 cm³/mol. The van der Waals surface area contributed by atoms with Crippen LogP contribution in [0.2, 0.25) is 10.0 Å². The minimum absolute atomic E-state index is 0.214. The molecule has 2 aromatic carbocycles. The third-order valence-electron chi connectivity index (χ3n) is 5.30. The molecular formula is C25H26Cl2IN2O2PS. The third kappa shape index (κ3) is 5.96. The Bertz CT molecular complexity index is 1400. The maximum Gasteiger partial charge on any atom is 0.331 e. The lowest BCUT2D eigenvalue weighted by molar-refractivity contribution is 0.598. The minimum Gasteiger partial charge on any atom is -0.287 e. The van der Waals surface area contributed by atoms with Crippen LogP contribution in [-0.4, -0.2) is 15.3 Å². The molecule has 9 heteroatoms. The Balaban J connectivity index is 0.00000158. The third-order valence-corrected chi connectivity index (χ3v) is 9.31. The van der Waals surface area contributed by atoms with Gasteiger partial charge >= 0.3 is 5.69 Å². The summed E-state index contributed by atoms with van der Waals surface area (Å²) in [6.07, 6.45) is 3.12. The van der Waals surface area contributed by atoms with E-state index in [1.165, 1.54) is 15.9 Å². The highest BCUT2D eigenvalue weighted by molar-refractivity contribution is 14.2. The molecule has 0 aliphatic rings. The van der Waals surface area contributed by atoms with Crippen molar-refractivity contribution in [3.05, 3.63) is 90.5 Å². The van der Waals surface area contributed by atoms with Crippen LogP contribution in [0.1, 0.15) is 31.4 Å². The van der Waals surface area contributed by atoms with E-state index in [4.69, 9.17) is 23.2 Å². The molecule has 0 N–H and O–H groups in total. The van der Waals surface area contributed by atoms with Crippen LogP contribution in [0.3, 0.4) is 0 Å². The lowest BCUT2D eigenvalue weighted by Crippen LogP contribution is -2.39. The average Bonchev–Trinajstić information content (AvgIpc) is 3.22. The van der Waals surface area contributed by atoms with Crippen LogP contribution in [0.15, 0.2) is 58.1 Å². The first-order valence-corrected chi connectivity index (χ1v) is 16.9. The van der Waals surface area contributed by atoms with Crippen molar-refractivity contribution in [2.75, 3.05) is 6.16 Å². The molecular weight excluding hydrogens is 621 g/mol. The van der Waals surface area contributed by atoms with Gasteiger partial charge in [0.2, 0.25) is 0 Å². The van der Waals surface area contributed by atoms with Crippen LogP contribution in [0.25, 0.3) is 20.7 Å². The molecule has 0 fully saturated rings. The Hall–Kier alpha value is -1.18. The van der Waals surface area contributed by atoms with E-state index in [9.17, 15) is 9.59 Å². The second kappa shape index (κ2) is 12.7. The van der Waals surface area contributed by atoms with Crippen molar-refractivity contribution in [2.24, 2.45) is 7.05 Å². The van der Waals surface area contributed by atoms with Gasteiger partial charge in [0.1, 0.15) is 4.83 Å². The van der Waals surface area contributed by atoms with Crippen molar-refractivity contribution in [2.45, 2.75) is 33.2 Å². The zero-order valence-corrected chi connectivity index (χ0v) is 24.7. The van der Waals surface area contributed by atoms with E-state index in [2.05, 4.69) is 22.0 Å². The lowest BCUT2D eigenvalue weighted by atomic mass is 10.00. The Morgan fingerprint density at radius 2 is 1.74 bits per heavy atom. The molecule has 0 aliphatic carbocycles. The number of aromatic nitrogens is 2. The molecule has 2 aromatic heterocycles. The van der Waals surface area contributed by atoms with Crippen LogP contribution in [0, 0.1) is 0 Å². The highest BCUT2D eigenvalue weighted by Crippen LogP contribution is 2.39. The summed E-state index contributed by atoms with van der Waals surface area (Å²) in [6, 6.07) is 15.2.